The van der Waals surface area contributed by atoms with Crippen molar-refractivity contribution in [2.75, 3.05) is 5.75 Å². The van der Waals surface area contributed by atoms with Crippen LogP contribution in [-0.4, -0.2) is 11.8 Å². The third-order valence-corrected chi connectivity index (χ3v) is 4.77. The summed E-state index contributed by atoms with van der Waals surface area (Å²) < 4.78 is 0. The molecule has 0 bridgehead atoms. The molecule has 0 aromatic heterocycles. The van der Waals surface area contributed by atoms with E-state index < -0.39 is 0 Å². The van der Waals surface area contributed by atoms with E-state index in [1.165, 1.54) is 21.2 Å². The molecule has 2 heteroatoms. The topological polar surface area (TPSA) is 26.0 Å². The van der Waals surface area contributed by atoms with E-state index in [0.29, 0.717) is 0 Å². The first-order chi connectivity index (χ1) is 10.3. The minimum absolute atomic E-state index is 0.168. The van der Waals surface area contributed by atoms with E-state index in [1.807, 2.05) is 17.8 Å². The molecule has 0 amide bonds. The molecule has 3 aromatic rings. The van der Waals surface area contributed by atoms with Gasteiger partial charge < -0.3 is 5.73 Å². The fraction of sp³-hybridized carbons (Fsp3) is 0.158. The summed E-state index contributed by atoms with van der Waals surface area (Å²) in [5.74, 6) is 0.938. The van der Waals surface area contributed by atoms with Gasteiger partial charge in [0.1, 0.15) is 0 Å². The average molecular weight is 293 g/mol. The standard InChI is InChI=1S/C19H19NS/c20-17(14-21-18-10-2-1-3-11-18)13-16-9-6-8-15-7-4-5-12-19(15)16/h1-12,17H,13-14,20H2. The molecule has 0 aliphatic heterocycles. The van der Waals surface area contributed by atoms with E-state index in [2.05, 4.69) is 66.7 Å². The second kappa shape index (κ2) is 6.79. The average Bonchev–Trinajstić information content (AvgIpc) is 2.54. The van der Waals surface area contributed by atoms with Crippen molar-refractivity contribution in [2.45, 2.75) is 17.4 Å². The van der Waals surface area contributed by atoms with Crippen molar-refractivity contribution in [1.29, 1.82) is 0 Å². The molecular formula is C19H19NS. The number of rotatable bonds is 5. The van der Waals surface area contributed by atoms with Crippen LogP contribution in [-0.2, 0) is 6.42 Å². The first-order valence-electron chi connectivity index (χ1n) is 7.23. The Morgan fingerprint density at radius 2 is 1.52 bits per heavy atom. The first kappa shape index (κ1) is 14.2. The fourth-order valence-electron chi connectivity index (χ4n) is 2.53. The van der Waals surface area contributed by atoms with Gasteiger partial charge in [0.25, 0.3) is 0 Å². The number of benzene rings is 3. The first-order valence-corrected chi connectivity index (χ1v) is 8.21. The lowest BCUT2D eigenvalue weighted by atomic mass is 10.00. The van der Waals surface area contributed by atoms with E-state index in [4.69, 9.17) is 5.73 Å². The van der Waals surface area contributed by atoms with Crippen LogP contribution in [0.1, 0.15) is 5.56 Å². The number of fused-ring (bicyclic) bond motifs is 1. The van der Waals surface area contributed by atoms with Crippen LogP contribution in [0.4, 0.5) is 0 Å². The Bertz CT molecular complexity index is 704. The number of hydrogen-bond acceptors (Lipinski definition) is 2. The van der Waals surface area contributed by atoms with Gasteiger partial charge in [-0.15, -0.1) is 11.8 Å². The normalized spacial score (nSPS) is 12.4. The minimum atomic E-state index is 0.168. The summed E-state index contributed by atoms with van der Waals surface area (Å²) in [5, 5.41) is 2.61. The SMILES string of the molecule is NC(CSc1ccccc1)Cc1cccc2ccccc12. The van der Waals surface area contributed by atoms with Gasteiger partial charge in [0.05, 0.1) is 0 Å². The van der Waals surface area contributed by atoms with Gasteiger partial charge in [-0.25, -0.2) is 0 Å². The molecule has 3 aromatic carbocycles. The zero-order chi connectivity index (χ0) is 14.5. The Balaban J connectivity index is 1.67. The highest BCUT2D eigenvalue weighted by Gasteiger charge is 2.07. The minimum Gasteiger partial charge on any atom is -0.327 e. The van der Waals surface area contributed by atoms with Crippen LogP contribution in [0.2, 0.25) is 0 Å². The molecule has 106 valence electrons. The quantitative estimate of drug-likeness (QED) is 0.701. The van der Waals surface area contributed by atoms with Crippen molar-refractivity contribution < 1.29 is 0 Å². The van der Waals surface area contributed by atoms with Crippen LogP contribution in [0.5, 0.6) is 0 Å². The Hall–Kier alpha value is -1.77. The van der Waals surface area contributed by atoms with Gasteiger partial charge in [0, 0.05) is 16.7 Å². The summed E-state index contributed by atoms with van der Waals surface area (Å²) in [4.78, 5) is 1.28. The predicted molar refractivity (Wildman–Crippen MR) is 92.8 cm³/mol. The molecule has 2 N–H and O–H groups in total. The highest BCUT2D eigenvalue weighted by Crippen LogP contribution is 2.22. The van der Waals surface area contributed by atoms with Crippen molar-refractivity contribution in [1.82, 2.24) is 0 Å². The lowest BCUT2D eigenvalue weighted by Crippen LogP contribution is -2.25. The van der Waals surface area contributed by atoms with Crippen LogP contribution in [0.3, 0.4) is 0 Å². The molecule has 0 heterocycles. The summed E-state index contributed by atoms with van der Waals surface area (Å²) in [7, 11) is 0. The zero-order valence-corrected chi connectivity index (χ0v) is 12.7. The Morgan fingerprint density at radius 1 is 0.810 bits per heavy atom. The fourth-order valence-corrected chi connectivity index (χ4v) is 3.41. The molecule has 21 heavy (non-hydrogen) atoms. The van der Waals surface area contributed by atoms with Crippen LogP contribution in [0, 0.1) is 0 Å². The van der Waals surface area contributed by atoms with E-state index in [-0.39, 0.29) is 6.04 Å². The third kappa shape index (κ3) is 3.66. The molecule has 0 saturated carbocycles. The molecule has 0 aliphatic carbocycles. The second-order valence-electron chi connectivity index (χ2n) is 5.23. The summed E-state index contributed by atoms with van der Waals surface area (Å²) in [6.45, 7) is 0. The van der Waals surface area contributed by atoms with Crippen LogP contribution in [0.25, 0.3) is 10.8 Å². The van der Waals surface area contributed by atoms with Gasteiger partial charge in [0.15, 0.2) is 0 Å². The molecule has 1 nitrogen and oxygen atoms in total. The molecule has 0 spiro atoms. The monoisotopic (exact) mass is 293 g/mol. The van der Waals surface area contributed by atoms with Crippen molar-refractivity contribution in [2.24, 2.45) is 5.73 Å². The van der Waals surface area contributed by atoms with Crippen LogP contribution >= 0.6 is 11.8 Å². The van der Waals surface area contributed by atoms with Gasteiger partial charge in [-0.2, -0.15) is 0 Å². The third-order valence-electron chi connectivity index (χ3n) is 3.57. The zero-order valence-electron chi connectivity index (χ0n) is 11.9. The Morgan fingerprint density at radius 3 is 2.38 bits per heavy atom. The van der Waals surface area contributed by atoms with Crippen LogP contribution in [0.15, 0.2) is 77.7 Å². The van der Waals surface area contributed by atoms with Gasteiger partial charge in [-0.05, 0) is 34.9 Å². The van der Waals surface area contributed by atoms with E-state index in [9.17, 15) is 0 Å². The Kier molecular flexibility index (Phi) is 4.59. The van der Waals surface area contributed by atoms with Gasteiger partial charge in [-0.1, -0.05) is 60.7 Å². The summed E-state index contributed by atoms with van der Waals surface area (Å²) in [6, 6.07) is 25.6. The van der Waals surface area contributed by atoms with E-state index >= 15 is 0 Å². The van der Waals surface area contributed by atoms with Crippen molar-refractivity contribution in [3.63, 3.8) is 0 Å². The van der Waals surface area contributed by atoms with Crippen molar-refractivity contribution >= 4 is 22.5 Å². The van der Waals surface area contributed by atoms with Gasteiger partial charge in [-0.3, -0.25) is 0 Å². The van der Waals surface area contributed by atoms with Gasteiger partial charge >= 0.3 is 0 Å². The highest BCUT2D eigenvalue weighted by molar-refractivity contribution is 7.99. The number of hydrogen-bond donors (Lipinski definition) is 1. The molecule has 1 atom stereocenters. The predicted octanol–water partition coefficient (Wildman–Crippen LogP) is 4.50. The maximum Gasteiger partial charge on any atom is 0.0174 e. The van der Waals surface area contributed by atoms with E-state index in [1.54, 1.807) is 0 Å². The lowest BCUT2D eigenvalue weighted by Gasteiger charge is -2.13. The lowest BCUT2D eigenvalue weighted by molar-refractivity contribution is 0.752. The van der Waals surface area contributed by atoms with E-state index in [0.717, 1.165) is 12.2 Å². The number of thioether (sulfide) groups is 1. The summed E-state index contributed by atoms with van der Waals surface area (Å²) in [6.07, 6.45) is 0.918. The van der Waals surface area contributed by atoms with Crippen molar-refractivity contribution in [3.05, 3.63) is 78.4 Å². The number of nitrogens with two attached hydrogens (primary N) is 1. The Labute approximate surface area is 130 Å². The maximum absolute atomic E-state index is 6.32. The molecular weight excluding hydrogens is 274 g/mol. The summed E-state index contributed by atoms with van der Waals surface area (Å²) >= 11 is 1.83. The molecule has 0 fully saturated rings. The van der Waals surface area contributed by atoms with Crippen LogP contribution < -0.4 is 5.73 Å². The molecule has 1 unspecified atom stereocenters. The maximum atomic E-state index is 6.32. The highest BCUT2D eigenvalue weighted by atomic mass is 32.2. The smallest absolute Gasteiger partial charge is 0.0174 e. The largest absolute Gasteiger partial charge is 0.327 e. The molecule has 0 saturated heterocycles. The molecule has 0 aliphatic rings. The summed E-state index contributed by atoms with van der Waals surface area (Å²) in [5.41, 5.74) is 7.67. The van der Waals surface area contributed by atoms with Crippen molar-refractivity contribution in [3.8, 4) is 0 Å². The second-order valence-corrected chi connectivity index (χ2v) is 6.32. The molecule has 0 radical (unpaired) electrons. The van der Waals surface area contributed by atoms with Gasteiger partial charge in [0.2, 0.25) is 0 Å². The molecule has 3 rings (SSSR count).